The van der Waals surface area contributed by atoms with Gasteiger partial charge in [-0.25, -0.2) is 8.42 Å². The van der Waals surface area contributed by atoms with Crippen LogP contribution >= 0.6 is 0 Å². The SMILES string of the molecule is CCCn1nccc1C(O)C1CCS(=O)(=O)C1. The molecule has 0 aliphatic carbocycles. The van der Waals surface area contributed by atoms with Gasteiger partial charge in [-0.3, -0.25) is 4.68 Å². The molecule has 17 heavy (non-hydrogen) atoms. The zero-order valence-corrected chi connectivity index (χ0v) is 10.7. The number of rotatable bonds is 4. The largest absolute Gasteiger partial charge is 0.386 e. The van der Waals surface area contributed by atoms with Crippen molar-refractivity contribution in [3.63, 3.8) is 0 Å². The minimum atomic E-state index is -2.95. The predicted molar refractivity (Wildman–Crippen MR) is 64.2 cm³/mol. The Morgan fingerprint density at radius 1 is 1.65 bits per heavy atom. The maximum atomic E-state index is 11.4. The third-order valence-electron chi connectivity index (χ3n) is 3.20. The number of aromatic nitrogens is 2. The number of sulfone groups is 1. The van der Waals surface area contributed by atoms with Crippen molar-refractivity contribution in [3.05, 3.63) is 18.0 Å². The molecule has 1 aromatic heterocycles. The second kappa shape index (κ2) is 4.78. The van der Waals surface area contributed by atoms with Crippen molar-refractivity contribution in [1.29, 1.82) is 0 Å². The molecule has 1 aromatic rings. The lowest BCUT2D eigenvalue weighted by molar-refractivity contribution is 0.111. The third-order valence-corrected chi connectivity index (χ3v) is 5.00. The number of hydrogen-bond donors (Lipinski definition) is 1. The van der Waals surface area contributed by atoms with Gasteiger partial charge in [-0.15, -0.1) is 0 Å². The molecule has 2 rings (SSSR count). The van der Waals surface area contributed by atoms with E-state index in [1.165, 1.54) is 0 Å². The van der Waals surface area contributed by atoms with Crippen molar-refractivity contribution in [3.8, 4) is 0 Å². The number of aliphatic hydroxyl groups is 1. The van der Waals surface area contributed by atoms with Crippen LogP contribution in [0.1, 0.15) is 31.6 Å². The van der Waals surface area contributed by atoms with E-state index in [1.807, 2.05) is 6.92 Å². The van der Waals surface area contributed by atoms with Gasteiger partial charge in [-0.2, -0.15) is 5.10 Å². The van der Waals surface area contributed by atoms with Crippen LogP contribution in [0.15, 0.2) is 12.3 Å². The van der Waals surface area contributed by atoms with E-state index >= 15 is 0 Å². The molecule has 2 atom stereocenters. The van der Waals surface area contributed by atoms with Crippen LogP contribution in [0.4, 0.5) is 0 Å². The van der Waals surface area contributed by atoms with Crippen LogP contribution in [0.5, 0.6) is 0 Å². The Labute approximate surface area is 101 Å². The van der Waals surface area contributed by atoms with Gasteiger partial charge in [0.05, 0.1) is 23.3 Å². The molecule has 0 aromatic carbocycles. The summed E-state index contributed by atoms with van der Waals surface area (Å²) in [5, 5.41) is 14.4. The van der Waals surface area contributed by atoms with E-state index in [-0.39, 0.29) is 17.4 Å². The van der Waals surface area contributed by atoms with Gasteiger partial charge >= 0.3 is 0 Å². The summed E-state index contributed by atoms with van der Waals surface area (Å²) in [6, 6.07) is 1.77. The molecule has 0 spiro atoms. The first-order valence-electron chi connectivity index (χ1n) is 5.93. The first kappa shape index (κ1) is 12.6. The predicted octanol–water partition coefficient (Wildman–Crippen LogP) is 0.761. The van der Waals surface area contributed by atoms with Gasteiger partial charge in [0.25, 0.3) is 0 Å². The van der Waals surface area contributed by atoms with Crippen LogP contribution in [-0.2, 0) is 16.4 Å². The standard InChI is InChI=1S/C11H18N2O3S/c1-2-6-13-10(3-5-12-13)11(14)9-4-7-17(15,16)8-9/h3,5,9,11,14H,2,4,6-8H2,1H3. The molecule has 96 valence electrons. The van der Waals surface area contributed by atoms with Crippen LogP contribution in [0.25, 0.3) is 0 Å². The Balaban J connectivity index is 2.14. The second-order valence-electron chi connectivity index (χ2n) is 4.59. The van der Waals surface area contributed by atoms with Gasteiger partial charge in [-0.1, -0.05) is 6.92 Å². The van der Waals surface area contributed by atoms with Gasteiger partial charge in [0.15, 0.2) is 9.84 Å². The molecule has 1 N–H and O–H groups in total. The fraction of sp³-hybridized carbons (Fsp3) is 0.727. The zero-order chi connectivity index (χ0) is 12.5. The first-order valence-corrected chi connectivity index (χ1v) is 7.76. The summed E-state index contributed by atoms with van der Waals surface area (Å²) in [7, 11) is -2.95. The second-order valence-corrected chi connectivity index (χ2v) is 6.82. The smallest absolute Gasteiger partial charge is 0.150 e. The zero-order valence-electron chi connectivity index (χ0n) is 9.91. The van der Waals surface area contributed by atoms with Gasteiger partial charge in [-0.05, 0) is 18.9 Å². The highest BCUT2D eigenvalue weighted by atomic mass is 32.2. The van der Waals surface area contributed by atoms with E-state index < -0.39 is 15.9 Å². The van der Waals surface area contributed by atoms with E-state index in [2.05, 4.69) is 5.10 Å². The fourth-order valence-electron chi connectivity index (χ4n) is 2.31. The van der Waals surface area contributed by atoms with Gasteiger partial charge in [0, 0.05) is 18.7 Å². The summed E-state index contributed by atoms with van der Waals surface area (Å²) >= 11 is 0. The van der Waals surface area contributed by atoms with Crippen LogP contribution in [-0.4, -0.2) is 34.8 Å². The summed E-state index contributed by atoms with van der Waals surface area (Å²) in [6.45, 7) is 2.79. The number of hydrogen-bond acceptors (Lipinski definition) is 4. The summed E-state index contributed by atoms with van der Waals surface area (Å²) < 4.78 is 24.5. The van der Waals surface area contributed by atoms with E-state index in [0.29, 0.717) is 6.42 Å². The van der Waals surface area contributed by atoms with E-state index in [0.717, 1.165) is 18.7 Å². The molecule has 1 saturated heterocycles. The average molecular weight is 258 g/mol. The first-order chi connectivity index (χ1) is 8.03. The van der Waals surface area contributed by atoms with E-state index in [4.69, 9.17) is 0 Å². The molecule has 1 fully saturated rings. The molecule has 1 aliphatic heterocycles. The van der Waals surface area contributed by atoms with Crippen LogP contribution in [0.3, 0.4) is 0 Å². The highest BCUT2D eigenvalue weighted by Crippen LogP contribution is 2.31. The highest BCUT2D eigenvalue weighted by molar-refractivity contribution is 7.91. The quantitative estimate of drug-likeness (QED) is 0.865. The van der Waals surface area contributed by atoms with Gasteiger partial charge in [0.2, 0.25) is 0 Å². The maximum Gasteiger partial charge on any atom is 0.150 e. The Morgan fingerprint density at radius 2 is 2.41 bits per heavy atom. The third kappa shape index (κ3) is 2.69. The number of aliphatic hydroxyl groups excluding tert-OH is 1. The minimum absolute atomic E-state index is 0.0888. The Morgan fingerprint density at radius 3 is 3.00 bits per heavy atom. The molecule has 0 saturated carbocycles. The summed E-state index contributed by atoms with van der Waals surface area (Å²) in [5.41, 5.74) is 0.731. The van der Waals surface area contributed by atoms with Crippen molar-refractivity contribution >= 4 is 9.84 Å². The van der Waals surface area contributed by atoms with Crippen LogP contribution < -0.4 is 0 Å². The lowest BCUT2D eigenvalue weighted by Gasteiger charge is -2.17. The average Bonchev–Trinajstić information content (AvgIpc) is 2.84. The Kier molecular flexibility index (Phi) is 3.53. The molecular formula is C11H18N2O3S. The Bertz CT molecular complexity index is 481. The monoisotopic (exact) mass is 258 g/mol. The molecule has 1 aliphatic rings. The topological polar surface area (TPSA) is 72.2 Å². The summed E-state index contributed by atoms with van der Waals surface area (Å²) in [4.78, 5) is 0. The van der Waals surface area contributed by atoms with E-state index in [1.54, 1.807) is 16.9 Å². The van der Waals surface area contributed by atoms with Crippen LogP contribution in [0.2, 0.25) is 0 Å². The van der Waals surface area contributed by atoms with Crippen molar-refractivity contribution in [1.82, 2.24) is 9.78 Å². The van der Waals surface area contributed by atoms with Crippen molar-refractivity contribution in [2.75, 3.05) is 11.5 Å². The molecule has 0 bridgehead atoms. The van der Waals surface area contributed by atoms with Crippen molar-refractivity contribution in [2.24, 2.45) is 5.92 Å². The number of nitrogens with zero attached hydrogens (tertiary/aromatic N) is 2. The van der Waals surface area contributed by atoms with Gasteiger partial charge in [0.1, 0.15) is 0 Å². The lowest BCUT2D eigenvalue weighted by atomic mass is 9.99. The number of aryl methyl sites for hydroxylation is 1. The summed E-state index contributed by atoms with van der Waals surface area (Å²) in [5.74, 6) is 0.0922. The van der Waals surface area contributed by atoms with Crippen LogP contribution in [0, 0.1) is 5.92 Å². The minimum Gasteiger partial charge on any atom is -0.386 e. The molecule has 2 unspecified atom stereocenters. The summed E-state index contributed by atoms with van der Waals surface area (Å²) in [6.07, 6.45) is 2.41. The normalized spacial score (nSPS) is 24.9. The maximum absolute atomic E-state index is 11.4. The highest BCUT2D eigenvalue weighted by Gasteiger charge is 2.34. The van der Waals surface area contributed by atoms with Crippen molar-refractivity contribution < 1.29 is 13.5 Å². The van der Waals surface area contributed by atoms with E-state index in [9.17, 15) is 13.5 Å². The molecule has 0 radical (unpaired) electrons. The molecule has 2 heterocycles. The molecular weight excluding hydrogens is 240 g/mol. The van der Waals surface area contributed by atoms with Gasteiger partial charge < -0.3 is 5.11 Å². The molecule has 5 nitrogen and oxygen atoms in total. The molecule has 0 amide bonds. The fourth-order valence-corrected chi connectivity index (χ4v) is 4.14. The lowest BCUT2D eigenvalue weighted by Crippen LogP contribution is -2.18. The Hall–Kier alpha value is -0.880. The molecule has 6 heteroatoms. The van der Waals surface area contributed by atoms with Crippen molar-refractivity contribution in [2.45, 2.75) is 32.4 Å².